The van der Waals surface area contributed by atoms with Crippen LogP contribution >= 0.6 is 23.2 Å². The monoisotopic (exact) mass is 627 g/mol. The van der Waals surface area contributed by atoms with Crippen LogP contribution in [0.25, 0.3) is 44.4 Å². The van der Waals surface area contributed by atoms with E-state index in [1.165, 1.54) is 11.1 Å². The van der Waals surface area contributed by atoms with Gasteiger partial charge in [-0.3, -0.25) is 4.79 Å². The van der Waals surface area contributed by atoms with Crippen LogP contribution in [-0.2, 0) is 17.9 Å². The van der Waals surface area contributed by atoms with E-state index in [2.05, 4.69) is 58.9 Å². The molecule has 226 valence electrons. The number of halogens is 2. The molecule has 3 heterocycles. The van der Waals surface area contributed by atoms with Gasteiger partial charge in [0.1, 0.15) is 0 Å². The van der Waals surface area contributed by atoms with Crippen LogP contribution < -0.4 is 15.4 Å². The average molecular weight is 629 g/mol. The van der Waals surface area contributed by atoms with Crippen molar-refractivity contribution in [3.8, 4) is 39.4 Å². The zero-order valence-corrected chi connectivity index (χ0v) is 26.5. The topological polar surface area (TPSA) is 82.3 Å². The van der Waals surface area contributed by atoms with Crippen LogP contribution in [0.3, 0.4) is 0 Å². The van der Waals surface area contributed by atoms with Gasteiger partial charge in [-0.25, -0.2) is 4.98 Å². The lowest BCUT2D eigenvalue weighted by Crippen LogP contribution is -2.35. The maximum atomic E-state index is 11.5. The predicted octanol–water partition coefficient (Wildman–Crippen LogP) is 7.31. The molecule has 2 aromatic heterocycles. The minimum Gasteiger partial charge on any atom is -0.481 e. The number of amides is 1. The number of carbonyl (C=O) groups is 1. The third-order valence-electron chi connectivity index (χ3n) is 7.96. The zero-order valence-electron chi connectivity index (χ0n) is 25.0. The number of methoxy groups -OCH3 is 1. The number of pyridine rings is 1. The van der Waals surface area contributed by atoms with Crippen molar-refractivity contribution in [2.24, 2.45) is 0 Å². The van der Waals surface area contributed by atoms with Gasteiger partial charge in [0.2, 0.25) is 11.8 Å². The number of H-pyrrole nitrogens is 1. The number of ether oxygens (including phenoxy) is 1. The van der Waals surface area contributed by atoms with Crippen LogP contribution in [0.2, 0.25) is 10.0 Å². The molecule has 1 unspecified atom stereocenters. The normalized spacial score (nSPS) is 14.9. The maximum absolute atomic E-state index is 11.5. The number of nitrogens with zero attached hydrogens (tertiary/aromatic N) is 2. The molecule has 44 heavy (non-hydrogen) atoms. The molecule has 0 radical (unpaired) electrons. The Morgan fingerprint density at radius 3 is 2.39 bits per heavy atom. The van der Waals surface area contributed by atoms with E-state index in [-0.39, 0.29) is 11.9 Å². The van der Waals surface area contributed by atoms with Crippen LogP contribution in [-0.4, -0.2) is 54.6 Å². The molecule has 7 nitrogen and oxygen atoms in total. The van der Waals surface area contributed by atoms with Crippen LogP contribution in [0.5, 0.6) is 5.88 Å². The minimum atomic E-state index is 0.111. The van der Waals surface area contributed by atoms with Crippen molar-refractivity contribution < 1.29 is 9.53 Å². The van der Waals surface area contributed by atoms with Crippen molar-refractivity contribution in [3.63, 3.8) is 0 Å². The Hall–Kier alpha value is -3.88. The number of hydrogen-bond acceptors (Lipinski definition) is 5. The molecule has 5 aromatic rings. The first-order chi connectivity index (χ1) is 21.3. The Morgan fingerprint density at radius 2 is 1.68 bits per heavy atom. The number of rotatable bonds is 10. The second-order valence-corrected chi connectivity index (χ2v) is 12.2. The van der Waals surface area contributed by atoms with Gasteiger partial charge in [-0.15, -0.1) is 0 Å². The minimum absolute atomic E-state index is 0.111. The molecular formula is C35H35Cl2N5O2. The summed E-state index contributed by atoms with van der Waals surface area (Å²) in [6.07, 6.45) is 1.43. The third kappa shape index (κ3) is 6.33. The molecule has 0 saturated carbocycles. The molecule has 3 aromatic carbocycles. The molecule has 1 aliphatic heterocycles. The van der Waals surface area contributed by atoms with E-state index < -0.39 is 0 Å². The van der Waals surface area contributed by atoms with Crippen molar-refractivity contribution in [1.82, 2.24) is 25.5 Å². The van der Waals surface area contributed by atoms with E-state index in [4.69, 9.17) is 32.9 Å². The number of aromatic amines is 1. The van der Waals surface area contributed by atoms with Crippen LogP contribution in [0.1, 0.15) is 24.1 Å². The molecule has 9 heteroatoms. The second kappa shape index (κ2) is 13.0. The highest BCUT2D eigenvalue weighted by Crippen LogP contribution is 2.42. The summed E-state index contributed by atoms with van der Waals surface area (Å²) in [4.78, 5) is 22.0. The number of benzene rings is 3. The smallest absolute Gasteiger partial charge is 0.220 e. The Bertz CT molecular complexity index is 1830. The lowest BCUT2D eigenvalue weighted by molar-refractivity contribution is -0.119. The summed E-state index contributed by atoms with van der Waals surface area (Å²) in [7, 11) is 5.73. The van der Waals surface area contributed by atoms with Crippen molar-refractivity contribution in [3.05, 3.63) is 94.1 Å². The Kier molecular flexibility index (Phi) is 8.91. The van der Waals surface area contributed by atoms with Gasteiger partial charge in [0, 0.05) is 71.1 Å². The van der Waals surface area contributed by atoms with Gasteiger partial charge in [-0.05, 0) is 49.7 Å². The summed E-state index contributed by atoms with van der Waals surface area (Å²) in [5.41, 5.74) is 8.31. The van der Waals surface area contributed by atoms with Gasteiger partial charge < -0.3 is 25.3 Å². The van der Waals surface area contributed by atoms with Gasteiger partial charge >= 0.3 is 0 Å². The van der Waals surface area contributed by atoms with Gasteiger partial charge in [-0.1, -0.05) is 77.8 Å². The second-order valence-electron chi connectivity index (χ2n) is 11.5. The van der Waals surface area contributed by atoms with Crippen molar-refractivity contribution in [2.45, 2.75) is 32.0 Å². The number of aromatic nitrogens is 2. The fraction of sp³-hybridized carbons (Fsp3) is 0.257. The zero-order chi connectivity index (χ0) is 30.8. The molecule has 1 amide bonds. The van der Waals surface area contributed by atoms with Crippen molar-refractivity contribution in [1.29, 1.82) is 0 Å². The quantitative estimate of drug-likeness (QED) is 0.151. The van der Waals surface area contributed by atoms with Gasteiger partial charge in [0.15, 0.2) is 0 Å². The summed E-state index contributed by atoms with van der Waals surface area (Å²) in [6, 6.07) is 24.6. The Morgan fingerprint density at radius 1 is 0.955 bits per heavy atom. The van der Waals surface area contributed by atoms with Crippen molar-refractivity contribution >= 4 is 40.0 Å². The molecule has 0 bridgehead atoms. The van der Waals surface area contributed by atoms with E-state index in [0.29, 0.717) is 41.1 Å². The summed E-state index contributed by atoms with van der Waals surface area (Å²) >= 11 is 14.2. The van der Waals surface area contributed by atoms with Crippen LogP contribution in [0.15, 0.2) is 72.8 Å². The van der Waals surface area contributed by atoms with Gasteiger partial charge in [0.05, 0.1) is 22.8 Å². The fourth-order valence-electron chi connectivity index (χ4n) is 5.82. The molecule has 1 saturated heterocycles. The molecule has 1 fully saturated rings. The SMILES string of the molecule is COc1nc(-c2cccc(-c3cccc(-c4ccc5cc(CN(C)C)[nH]c5c4)c3Cl)c2Cl)ccc1CNCC1CCC(=O)N1. The number of carbonyl (C=O) groups excluding carboxylic acids is 1. The first-order valence-electron chi connectivity index (χ1n) is 14.7. The van der Waals surface area contributed by atoms with Crippen LogP contribution in [0, 0.1) is 0 Å². The average Bonchev–Trinajstić information content (AvgIpc) is 3.61. The molecular weight excluding hydrogens is 593 g/mol. The maximum Gasteiger partial charge on any atom is 0.220 e. The number of fused-ring (bicyclic) bond motifs is 1. The number of nitrogens with one attached hydrogen (secondary N) is 3. The van der Waals surface area contributed by atoms with E-state index in [0.717, 1.165) is 51.9 Å². The molecule has 1 atom stereocenters. The van der Waals surface area contributed by atoms with Crippen LogP contribution in [0.4, 0.5) is 0 Å². The largest absolute Gasteiger partial charge is 0.481 e. The predicted molar refractivity (Wildman–Crippen MR) is 179 cm³/mol. The van der Waals surface area contributed by atoms with E-state index in [1.54, 1.807) is 7.11 Å². The molecule has 3 N–H and O–H groups in total. The standard InChI is InChI=1S/C35H35Cl2N5O2/c1-42(2)20-25-16-22-11-10-21(17-31(22)39-25)26-6-4-7-27(33(26)36)28-8-5-9-29(34(28)37)30-14-12-23(35(41-30)44-3)18-38-19-24-13-15-32(43)40-24/h4-12,14,16-17,24,38-39H,13,15,18-20H2,1-3H3,(H,40,43). The highest BCUT2D eigenvalue weighted by molar-refractivity contribution is 6.39. The number of hydrogen-bond donors (Lipinski definition) is 3. The van der Waals surface area contributed by atoms with Gasteiger partial charge in [-0.2, -0.15) is 0 Å². The highest BCUT2D eigenvalue weighted by Gasteiger charge is 2.21. The fourth-order valence-corrected chi connectivity index (χ4v) is 6.48. The molecule has 0 spiro atoms. The van der Waals surface area contributed by atoms with E-state index >= 15 is 0 Å². The first kappa shape index (κ1) is 30.2. The van der Waals surface area contributed by atoms with Gasteiger partial charge in [0.25, 0.3) is 0 Å². The lowest BCUT2D eigenvalue weighted by Gasteiger charge is -2.16. The van der Waals surface area contributed by atoms with E-state index in [9.17, 15) is 4.79 Å². The molecule has 6 rings (SSSR count). The molecule has 0 aliphatic carbocycles. The summed E-state index contributed by atoms with van der Waals surface area (Å²) in [5, 5.41) is 8.75. The summed E-state index contributed by atoms with van der Waals surface area (Å²) in [5.74, 6) is 0.639. The first-order valence-corrected chi connectivity index (χ1v) is 15.4. The highest BCUT2D eigenvalue weighted by atomic mass is 35.5. The summed E-state index contributed by atoms with van der Waals surface area (Å²) in [6.45, 7) is 2.11. The van der Waals surface area contributed by atoms with Crippen molar-refractivity contribution in [2.75, 3.05) is 27.7 Å². The van der Waals surface area contributed by atoms with E-state index in [1.807, 2.05) is 48.5 Å². The summed E-state index contributed by atoms with van der Waals surface area (Å²) < 4.78 is 5.65. The Labute approximate surface area is 267 Å². The third-order valence-corrected chi connectivity index (χ3v) is 8.78. The lowest BCUT2D eigenvalue weighted by atomic mass is 9.96. The molecule has 1 aliphatic rings. The Balaban J connectivity index is 1.27.